The third-order valence-corrected chi connectivity index (χ3v) is 11.1. The summed E-state index contributed by atoms with van der Waals surface area (Å²) in [5.41, 5.74) is 0. The fourth-order valence-electron chi connectivity index (χ4n) is 3.82. The predicted molar refractivity (Wildman–Crippen MR) is 121 cm³/mol. The van der Waals surface area contributed by atoms with Gasteiger partial charge in [0.1, 0.15) is 0 Å². The molecule has 0 amide bonds. The molecule has 0 N–H and O–H groups in total. The van der Waals surface area contributed by atoms with Crippen LogP contribution in [0.1, 0.15) is 0 Å². The molecule has 7 aromatic rings. The number of rotatable bonds is 0. The summed E-state index contributed by atoms with van der Waals surface area (Å²) in [7, 11) is 0. The lowest BCUT2D eigenvalue weighted by Crippen LogP contribution is -1.65. The van der Waals surface area contributed by atoms with E-state index < -0.39 is 0 Å². The topological polar surface area (TPSA) is 0 Å². The van der Waals surface area contributed by atoms with Crippen LogP contribution >= 0.6 is 56.7 Å². The molecule has 0 atom stereocenters. The van der Waals surface area contributed by atoms with Crippen LogP contribution in [0.15, 0.2) is 48.5 Å². The summed E-state index contributed by atoms with van der Waals surface area (Å²) in [5.74, 6) is 0. The minimum atomic E-state index is 1.41. The fourth-order valence-corrected chi connectivity index (χ4v) is 11.2. The van der Waals surface area contributed by atoms with Gasteiger partial charge in [-0.25, -0.2) is 0 Å². The number of fused-ring (bicyclic) bond motifs is 11. The lowest BCUT2D eigenvalue weighted by molar-refractivity contribution is 1.87. The van der Waals surface area contributed by atoms with Crippen molar-refractivity contribution in [1.82, 2.24) is 0 Å². The van der Waals surface area contributed by atoms with Gasteiger partial charge in [-0.05, 0) is 12.1 Å². The van der Waals surface area contributed by atoms with E-state index in [1.807, 2.05) is 56.7 Å². The fraction of sp³-hybridized carbons (Fsp3) is 0. The van der Waals surface area contributed by atoms with E-state index >= 15 is 0 Å². The molecule has 0 bridgehead atoms. The Kier molecular flexibility index (Phi) is 2.52. The van der Waals surface area contributed by atoms with Crippen molar-refractivity contribution in [2.24, 2.45) is 0 Å². The molecule has 0 aliphatic carbocycles. The molecule has 5 aromatic heterocycles. The summed E-state index contributed by atoms with van der Waals surface area (Å²) in [4.78, 5) is 0. The number of thiophene rings is 5. The van der Waals surface area contributed by atoms with Gasteiger partial charge in [-0.3, -0.25) is 0 Å². The molecule has 0 saturated carbocycles. The largest absolute Gasteiger partial charge is 0.124 e. The summed E-state index contributed by atoms with van der Waals surface area (Å²) < 4.78 is 8.75. The lowest BCUT2D eigenvalue weighted by atomic mass is 10.1. The van der Waals surface area contributed by atoms with Gasteiger partial charge >= 0.3 is 0 Å². The molecule has 5 heteroatoms. The molecule has 0 aliphatic rings. The van der Waals surface area contributed by atoms with Gasteiger partial charge in [-0.1, -0.05) is 36.4 Å². The molecule has 0 spiro atoms. The second-order valence-corrected chi connectivity index (χ2v) is 12.4. The van der Waals surface area contributed by atoms with E-state index in [9.17, 15) is 0 Å². The molecule has 2 aromatic carbocycles. The minimum Gasteiger partial charge on any atom is -0.124 e. The third-order valence-electron chi connectivity index (χ3n) is 4.84. The Morgan fingerprint density at radius 3 is 1.28 bits per heavy atom. The summed E-state index contributed by atoms with van der Waals surface area (Å²) >= 11 is 9.84. The highest BCUT2D eigenvalue weighted by molar-refractivity contribution is 7.58. The Balaban J connectivity index is 1.84. The monoisotopic (exact) mass is 408 g/mol. The Morgan fingerprint density at radius 2 is 0.800 bits per heavy atom. The van der Waals surface area contributed by atoms with Gasteiger partial charge in [-0.2, -0.15) is 0 Å². The zero-order valence-corrected chi connectivity index (χ0v) is 16.7. The van der Waals surface area contributed by atoms with Gasteiger partial charge in [0, 0.05) is 41.7 Å². The zero-order valence-electron chi connectivity index (χ0n) is 12.7. The minimum absolute atomic E-state index is 1.41. The van der Waals surface area contributed by atoms with E-state index in [0.717, 1.165) is 0 Å². The summed E-state index contributed by atoms with van der Waals surface area (Å²) in [6, 6.07) is 17.7. The average molecular weight is 409 g/mol. The van der Waals surface area contributed by atoms with E-state index in [1.165, 1.54) is 57.8 Å². The molecule has 0 aliphatic heterocycles. The Hall–Kier alpha value is -1.50. The highest BCUT2D eigenvalue weighted by atomic mass is 32.2. The molecular formula is C20H8S5. The molecule has 0 nitrogen and oxygen atoms in total. The first-order valence-corrected chi connectivity index (χ1v) is 12.0. The maximum Gasteiger partial charge on any atom is 0.0908 e. The summed E-state index contributed by atoms with van der Waals surface area (Å²) in [6.07, 6.45) is 0. The van der Waals surface area contributed by atoms with E-state index in [4.69, 9.17) is 0 Å². The van der Waals surface area contributed by atoms with Gasteiger partial charge in [-0.15, -0.1) is 56.7 Å². The predicted octanol–water partition coefficient (Wildman–Crippen LogP) is 8.91. The molecular weight excluding hydrogens is 401 g/mol. The second kappa shape index (κ2) is 4.61. The molecule has 0 radical (unpaired) electrons. The SMILES string of the molecule is c1ccc2c(c1)sc1sc3sc4sc5sc6ccccc6c5c4c3c12. The van der Waals surface area contributed by atoms with E-state index in [1.54, 1.807) is 0 Å². The van der Waals surface area contributed by atoms with Crippen LogP contribution < -0.4 is 0 Å². The van der Waals surface area contributed by atoms with Gasteiger partial charge < -0.3 is 0 Å². The highest BCUT2D eigenvalue weighted by Crippen LogP contribution is 2.55. The Morgan fingerprint density at radius 1 is 0.400 bits per heavy atom. The van der Waals surface area contributed by atoms with E-state index in [2.05, 4.69) is 48.5 Å². The van der Waals surface area contributed by atoms with Crippen molar-refractivity contribution in [2.45, 2.75) is 0 Å². The standard InChI is InChI=1S/C20H8S5/c1-3-7-11-9(5-1)13-15-16-14-10-6-2-4-8-12(10)22-18(14)24-20(16)25-19(15)23-17(13)21-11/h1-8H. The van der Waals surface area contributed by atoms with E-state index in [0.29, 0.717) is 0 Å². The molecule has 25 heavy (non-hydrogen) atoms. The zero-order chi connectivity index (χ0) is 16.1. The maximum absolute atomic E-state index is 2.29. The van der Waals surface area contributed by atoms with Crippen LogP contribution in [0.3, 0.4) is 0 Å². The van der Waals surface area contributed by atoms with Crippen molar-refractivity contribution in [3.63, 3.8) is 0 Å². The first-order chi connectivity index (χ1) is 12.4. The highest BCUT2D eigenvalue weighted by Gasteiger charge is 2.22. The average Bonchev–Trinajstić information content (AvgIpc) is 3.35. The Labute approximate surface area is 162 Å². The number of hydrogen-bond donors (Lipinski definition) is 0. The van der Waals surface area contributed by atoms with Crippen LogP contribution in [-0.2, 0) is 0 Å². The van der Waals surface area contributed by atoms with Crippen molar-refractivity contribution >= 4 is 114 Å². The third kappa shape index (κ3) is 1.62. The van der Waals surface area contributed by atoms with Crippen molar-refractivity contribution in [3.8, 4) is 0 Å². The van der Waals surface area contributed by atoms with Crippen LogP contribution in [-0.4, -0.2) is 0 Å². The summed E-state index contributed by atoms with van der Waals surface area (Å²) in [5, 5.41) is 8.84. The van der Waals surface area contributed by atoms with Crippen molar-refractivity contribution in [3.05, 3.63) is 48.5 Å². The molecule has 0 unspecified atom stereocenters. The molecule has 7 rings (SSSR count). The molecule has 0 saturated heterocycles. The van der Waals surface area contributed by atoms with Gasteiger partial charge in [0.2, 0.25) is 0 Å². The van der Waals surface area contributed by atoms with Crippen molar-refractivity contribution < 1.29 is 0 Å². The van der Waals surface area contributed by atoms with Crippen LogP contribution in [0, 0.1) is 0 Å². The maximum atomic E-state index is 2.29. The van der Waals surface area contributed by atoms with E-state index in [-0.39, 0.29) is 0 Å². The van der Waals surface area contributed by atoms with Crippen LogP contribution in [0.5, 0.6) is 0 Å². The van der Waals surface area contributed by atoms with Gasteiger partial charge in [0.05, 0.1) is 16.1 Å². The normalized spacial score (nSPS) is 12.8. The summed E-state index contributed by atoms with van der Waals surface area (Å²) in [6.45, 7) is 0. The first kappa shape index (κ1) is 13.7. The van der Waals surface area contributed by atoms with Crippen LogP contribution in [0.2, 0.25) is 0 Å². The van der Waals surface area contributed by atoms with Gasteiger partial charge in [0.25, 0.3) is 0 Å². The van der Waals surface area contributed by atoms with Crippen LogP contribution in [0.4, 0.5) is 0 Å². The van der Waals surface area contributed by atoms with Crippen LogP contribution in [0.25, 0.3) is 57.8 Å². The van der Waals surface area contributed by atoms with Gasteiger partial charge in [0.15, 0.2) is 0 Å². The number of benzene rings is 2. The Bertz CT molecular complexity index is 1480. The smallest absolute Gasteiger partial charge is 0.0908 e. The molecule has 5 heterocycles. The number of hydrogen-bond acceptors (Lipinski definition) is 5. The van der Waals surface area contributed by atoms with Crippen molar-refractivity contribution in [1.29, 1.82) is 0 Å². The van der Waals surface area contributed by atoms with Crippen molar-refractivity contribution in [2.75, 3.05) is 0 Å². The molecule has 118 valence electrons. The quantitative estimate of drug-likeness (QED) is 0.235. The first-order valence-electron chi connectivity index (χ1n) is 7.95. The second-order valence-electron chi connectivity index (χ2n) is 6.15. The lowest BCUT2D eigenvalue weighted by Gasteiger charge is -1.91. The molecule has 0 fully saturated rings.